The van der Waals surface area contributed by atoms with Crippen LogP contribution in [0.5, 0.6) is 11.5 Å². The van der Waals surface area contributed by atoms with Gasteiger partial charge in [0, 0.05) is 24.7 Å². The lowest BCUT2D eigenvalue weighted by Crippen LogP contribution is -2.26. The minimum Gasteiger partial charge on any atom is -0.395 e. The van der Waals surface area contributed by atoms with Crippen molar-refractivity contribution in [1.82, 2.24) is 0 Å². The van der Waals surface area contributed by atoms with Crippen molar-refractivity contribution in [2.24, 2.45) is 5.41 Å². The Labute approximate surface area is 116 Å². The number of halogens is 2. The quantitative estimate of drug-likeness (QED) is 0.893. The number of nitrogens with zero attached hydrogens (tertiary/aromatic N) is 1. The Morgan fingerprint density at radius 1 is 1.30 bits per heavy atom. The highest BCUT2D eigenvalue weighted by molar-refractivity contribution is 5.56. The van der Waals surface area contributed by atoms with Gasteiger partial charge < -0.3 is 14.8 Å². The summed E-state index contributed by atoms with van der Waals surface area (Å²) in [7, 11) is 0. The third-order valence-electron chi connectivity index (χ3n) is 3.09. The molecule has 0 atom stereocenters. The minimum absolute atomic E-state index is 0.0230. The van der Waals surface area contributed by atoms with Gasteiger partial charge in [-0.15, -0.1) is 8.78 Å². The van der Waals surface area contributed by atoms with Crippen LogP contribution in [0.4, 0.5) is 14.5 Å². The number of hydrogen-bond acceptors (Lipinski definition) is 4. The number of benzene rings is 1. The first-order valence-corrected chi connectivity index (χ1v) is 6.32. The van der Waals surface area contributed by atoms with Gasteiger partial charge in [0.05, 0.1) is 6.07 Å². The van der Waals surface area contributed by atoms with Crippen LogP contribution in [-0.4, -0.2) is 12.8 Å². The summed E-state index contributed by atoms with van der Waals surface area (Å²) in [4.78, 5) is 0. The van der Waals surface area contributed by atoms with E-state index in [1.165, 1.54) is 12.1 Å². The summed E-state index contributed by atoms with van der Waals surface area (Å²) in [6.07, 6.45) is -2.34. The number of nitrogens with one attached hydrogen (secondary N) is 1. The highest BCUT2D eigenvalue weighted by Gasteiger charge is 2.43. The Morgan fingerprint density at radius 3 is 2.70 bits per heavy atom. The third-order valence-corrected chi connectivity index (χ3v) is 3.09. The molecule has 2 rings (SSSR count). The maximum Gasteiger partial charge on any atom is 0.586 e. The molecule has 0 saturated carbocycles. The van der Waals surface area contributed by atoms with E-state index < -0.39 is 6.29 Å². The molecule has 20 heavy (non-hydrogen) atoms. The zero-order valence-electron chi connectivity index (χ0n) is 11.4. The Bertz CT molecular complexity index is 538. The minimum atomic E-state index is -3.59. The van der Waals surface area contributed by atoms with Crippen LogP contribution < -0.4 is 14.8 Å². The summed E-state index contributed by atoms with van der Waals surface area (Å²) in [5.74, 6) is 0.0547. The molecule has 0 saturated heterocycles. The van der Waals surface area contributed by atoms with E-state index in [1.54, 1.807) is 6.07 Å². The standard InChI is InChI=1S/C14H16F2N2O2/c1-13(2,6-3-7-17)9-18-10-4-5-11-12(8-10)20-14(15,16)19-11/h4-5,8,18H,3,6,9H2,1-2H3. The molecule has 1 aromatic carbocycles. The van der Waals surface area contributed by atoms with Gasteiger partial charge >= 0.3 is 6.29 Å². The fraction of sp³-hybridized carbons (Fsp3) is 0.500. The summed E-state index contributed by atoms with van der Waals surface area (Å²) < 4.78 is 34.5. The predicted octanol–water partition coefficient (Wildman–Crippen LogP) is 3.75. The maximum atomic E-state index is 12.9. The number of anilines is 1. The normalized spacial score (nSPS) is 15.8. The lowest BCUT2D eigenvalue weighted by molar-refractivity contribution is -0.286. The van der Waals surface area contributed by atoms with Crippen LogP contribution in [0.25, 0.3) is 0 Å². The maximum absolute atomic E-state index is 12.9. The Kier molecular flexibility index (Phi) is 3.71. The second kappa shape index (κ2) is 5.16. The fourth-order valence-corrected chi connectivity index (χ4v) is 1.88. The van der Waals surface area contributed by atoms with Gasteiger partial charge in [-0.25, -0.2) is 0 Å². The molecule has 1 aromatic rings. The van der Waals surface area contributed by atoms with E-state index in [4.69, 9.17) is 5.26 Å². The van der Waals surface area contributed by atoms with Gasteiger partial charge in [-0.1, -0.05) is 13.8 Å². The molecule has 0 fully saturated rings. The van der Waals surface area contributed by atoms with Gasteiger partial charge in [0.2, 0.25) is 0 Å². The summed E-state index contributed by atoms with van der Waals surface area (Å²) in [6, 6.07) is 6.70. The molecule has 0 radical (unpaired) electrons. The van der Waals surface area contributed by atoms with Gasteiger partial charge in [-0.3, -0.25) is 0 Å². The third kappa shape index (κ3) is 3.50. The Balaban J connectivity index is 1.98. The molecular formula is C14H16F2N2O2. The molecule has 108 valence electrons. The van der Waals surface area contributed by atoms with Crippen molar-refractivity contribution in [2.45, 2.75) is 33.0 Å². The molecule has 0 aromatic heterocycles. The summed E-state index contributed by atoms with van der Waals surface area (Å²) in [5, 5.41) is 11.8. The molecular weight excluding hydrogens is 266 g/mol. The highest BCUT2D eigenvalue weighted by atomic mass is 19.3. The smallest absolute Gasteiger partial charge is 0.395 e. The van der Waals surface area contributed by atoms with Crippen LogP contribution >= 0.6 is 0 Å². The molecule has 0 amide bonds. The van der Waals surface area contributed by atoms with Gasteiger partial charge in [0.25, 0.3) is 0 Å². The lowest BCUT2D eigenvalue weighted by Gasteiger charge is -2.24. The van der Waals surface area contributed by atoms with Crippen molar-refractivity contribution < 1.29 is 18.3 Å². The van der Waals surface area contributed by atoms with Crippen molar-refractivity contribution in [3.63, 3.8) is 0 Å². The van der Waals surface area contributed by atoms with E-state index in [-0.39, 0.29) is 16.9 Å². The molecule has 1 heterocycles. The first kappa shape index (κ1) is 14.4. The second-order valence-corrected chi connectivity index (χ2v) is 5.50. The number of hydrogen-bond donors (Lipinski definition) is 1. The Hall–Kier alpha value is -2.03. The molecule has 0 bridgehead atoms. The van der Waals surface area contributed by atoms with Gasteiger partial charge in [-0.05, 0) is 24.0 Å². The number of ether oxygens (including phenoxy) is 2. The van der Waals surface area contributed by atoms with Crippen LogP contribution in [0.15, 0.2) is 18.2 Å². The van der Waals surface area contributed by atoms with Gasteiger partial charge in [0.1, 0.15) is 0 Å². The molecule has 4 nitrogen and oxygen atoms in total. The van der Waals surface area contributed by atoms with Crippen LogP contribution in [0.3, 0.4) is 0 Å². The largest absolute Gasteiger partial charge is 0.586 e. The zero-order valence-corrected chi connectivity index (χ0v) is 11.4. The van der Waals surface area contributed by atoms with Crippen molar-refractivity contribution >= 4 is 5.69 Å². The molecule has 1 N–H and O–H groups in total. The van der Waals surface area contributed by atoms with E-state index in [0.29, 0.717) is 18.7 Å². The second-order valence-electron chi connectivity index (χ2n) is 5.50. The van der Waals surface area contributed by atoms with Crippen LogP contribution in [0.1, 0.15) is 26.7 Å². The van der Waals surface area contributed by atoms with Crippen molar-refractivity contribution in [1.29, 1.82) is 5.26 Å². The molecule has 1 aliphatic rings. The molecule has 0 aliphatic carbocycles. The molecule has 0 spiro atoms. The topological polar surface area (TPSA) is 54.3 Å². The van der Waals surface area contributed by atoms with Crippen LogP contribution in [-0.2, 0) is 0 Å². The molecule has 0 unspecified atom stereocenters. The number of nitriles is 1. The number of fused-ring (bicyclic) bond motifs is 1. The van der Waals surface area contributed by atoms with E-state index >= 15 is 0 Å². The number of rotatable bonds is 5. The zero-order chi connectivity index (χ0) is 14.8. The number of alkyl halides is 2. The summed E-state index contributed by atoms with van der Waals surface area (Å²) in [6.45, 7) is 4.71. The van der Waals surface area contributed by atoms with Crippen LogP contribution in [0, 0.1) is 16.7 Å². The summed E-state index contributed by atoms with van der Waals surface area (Å²) >= 11 is 0. The van der Waals surface area contributed by atoms with E-state index in [1.807, 2.05) is 13.8 Å². The first-order chi connectivity index (χ1) is 9.31. The van der Waals surface area contributed by atoms with Crippen molar-refractivity contribution in [2.75, 3.05) is 11.9 Å². The first-order valence-electron chi connectivity index (χ1n) is 6.32. The SMILES string of the molecule is CC(C)(CCC#N)CNc1ccc2c(c1)OC(F)(F)O2. The van der Waals surface area contributed by atoms with Crippen LogP contribution in [0.2, 0.25) is 0 Å². The lowest BCUT2D eigenvalue weighted by atomic mass is 9.88. The highest BCUT2D eigenvalue weighted by Crippen LogP contribution is 2.42. The average molecular weight is 282 g/mol. The monoisotopic (exact) mass is 282 g/mol. The van der Waals surface area contributed by atoms with Gasteiger partial charge in [-0.2, -0.15) is 5.26 Å². The van der Waals surface area contributed by atoms with E-state index in [9.17, 15) is 8.78 Å². The van der Waals surface area contributed by atoms with Crippen molar-refractivity contribution in [3.05, 3.63) is 18.2 Å². The average Bonchev–Trinajstić information content (AvgIpc) is 2.67. The summed E-state index contributed by atoms with van der Waals surface area (Å²) in [5.41, 5.74) is 0.617. The Morgan fingerprint density at radius 2 is 2.00 bits per heavy atom. The van der Waals surface area contributed by atoms with Crippen molar-refractivity contribution in [3.8, 4) is 17.6 Å². The molecule has 6 heteroatoms. The fourth-order valence-electron chi connectivity index (χ4n) is 1.88. The predicted molar refractivity (Wildman–Crippen MR) is 69.8 cm³/mol. The molecule has 1 aliphatic heterocycles. The van der Waals surface area contributed by atoms with Gasteiger partial charge in [0.15, 0.2) is 11.5 Å². The van der Waals surface area contributed by atoms with E-state index in [2.05, 4.69) is 20.9 Å². The van der Waals surface area contributed by atoms with E-state index in [0.717, 1.165) is 6.42 Å².